The molecule has 0 atom stereocenters. The van der Waals surface area contributed by atoms with E-state index in [-0.39, 0.29) is 0 Å². The van der Waals surface area contributed by atoms with Crippen molar-refractivity contribution >= 4 is 35.1 Å². The highest BCUT2D eigenvalue weighted by atomic mass is 35.5. The molecule has 92 valence electrons. The van der Waals surface area contributed by atoms with E-state index >= 15 is 0 Å². The van der Waals surface area contributed by atoms with E-state index < -0.39 is 0 Å². The second-order valence-electron chi connectivity index (χ2n) is 3.53. The van der Waals surface area contributed by atoms with Gasteiger partial charge in [0.15, 0.2) is 5.11 Å². The fraction of sp³-hybridized carbons (Fsp3) is 0.333. The fourth-order valence-corrected chi connectivity index (χ4v) is 1.41. The summed E-state index contributed by atoms with van der Waals surface area (Å²) < 4.78 is 0. The van der Waals surface area contributed by atoms with E-state index in [0.29, 0.717) is 10.1 Å². The number of rotatable bonds is 5. The van der Waals surface area contributed by atoms with Gasteiger partial charge in [-0.15, -0.1) is 0 Å². The molecule has 0 fully saturated rings. The summed E-state index contributed by atoms with van der Waals surface area (Å²) in [6, 6.07) is 7.42. The topological polar surface area (TPSA) is 36.4 Å². The Hall–Kier alpha value is -1.13. The molecule has 1 aromatic carbocycles. The lowest BCUT2D eigenvalue weighted by Crippen LogP contribution is -2.32. The van der Waals surface area contributed by atoms with Crippen molar-refractivity contribution in [2.75, 3.05) is 6.54 Å². The number of hydrazone groups is 1. The van der Waals surface area contributed by atoms with Crippen molar-refractivity contribution in [1.29, 1.82) is 0 Å². The second-order valence-corrected chi connectivity index (χ2v) is 4.38. The highest BCUT2D eigenvalue weighted by molar-refractivity contribution is 7.80. The SMILES string of the molecule is CCCCNC(=S)N/N=C\c1ccc(Cl)cc1. The minimum Gasteiger partial charge on any atom is -0.361 e. The van der Waals surface area contributed by atoms with Crippen LogP contribution in [-0.2, 0) is 0 Å². The van der Waals surface area contributed by atoms with Crippen molar-refractivity contribution in [3.05, 3.63) is 34.9 Å². The maximum atomic E-state index is 5.78. The maximum Gasteiger partial charge on any atom is 0.186 e. The van der Waals surface area contributed by atoms with Gasteiger partial charge in [-0.25, -0.2) is 0 Å². The molecule has 0 aliphatic rings. The van der Waals surface area contributed by atoms with E-state index in [4.69, 9.17) is 23.8 Å². The van der Waals surface area contributed by atoms with Gasteiger partial charge in [0, 0.05) is 11.6 Å². The van der Waals surface area contributed by atoms with Crippen LogP contribution in [0.25, 0.3) is 0 Å². The summed E-state index contributed by atoms with van der Waals surface area (Å²) in [5, 5.41) is 8.35. The predicted molar refractivity (Wildman–Crippen MR) is 77.7 cm³/mol. The molecular formula is C12H16ClN3S. The maximum absolute atomic E-state index is 5.78. The molecule has 0 amide bonds. The Balaban J connectivity index is 2.29. The van der Waals surface area contributed by atoms with Crippen LogP contribution in [0, 0.1) is 0 Å². The lowest BCUT2D eigenvalue weighted by molar-refractivity contribution is 0.745. The molecule has 0 saturated heterocycles. The number of benzene rings is 1. The number of nitrogens with one attached hydrogen (secondary N) is 2. The van der Waals surface area contributed by atoms with Gasteiger partial charge in [0.1, 0.15) is 0 Å². The molecule has 1 aromatic rings. The van der Waals surface area contributed by atoms with Crippen LogP contribution in [0.1, 0.15) is 25.3 Å². The highest BCUT2D eigenvalue weighted by Gasteiger charge is 1.91. The molecule has 0 spiro atoms. The first-order valence-electron chi connectivity index (χ1n) is 5.55. The van der Waals surface area contributed by atoms with Crippen LogP contribution in [0.5, 0.6) is 0 Å². The number of hydrogen-bond acceptors (Lipinski definition) is 2. The van der Waals surface area contributed by atoms with E-state index in [1.807, 2.05) is 24.3 Å². The van der Waals surface area contributed by atoms with E-state index in [9.17, 15) is 0 Å². The lowest BCUT2D eigenvalue weighted by Gasteiger charge is -2.05. The number of halogens is 1. The minimum absolute atomic E-state index is 0.545. The fourth-order valence-electron chi connectivity index (χ4n) is 1.13. The average Bonchev–Trinajstić information content (AvgIpc) is 2.32. The van der Waals surface area contributed by atoms with E-state index in [1.54, 1.807) is 6.21 Å². The Kier molecular flexibility index (Phi) is 6.58. The minimum atomic E-state index is 0.545. The van der Waals surface area contributed by atoms with Gasteiger partial charge in [-0.2, -0.15) is 5.10 Å². The third-order valence-corrected chi connectivity index (χ3v) is 2.55. The molecule has 17 heavy (non-hydrogen) atoms. The third-order valence-electron chi connectivity index (χ3n) is 2.07. The molecule has 0 aliphatic carbocycles. The summed E-state index contributed by atoms with van der Waals surface area (Å²) >= 11 is 10.8. The Morgan fingerprint density at radius 1 is 1.41 bits per heavy atom. The van der Waals surface area contributed by atoms with Gasteiger partial charge < -0.3 is 5.32 Å². The van der Waals surface area contributed by atoms with Crippen molar-refractivity contribution in [1.82, 2.24) is 10.7 Å². The molecule has 0 aromatic heterocycles. The van der Waals surface area contributed by atoms with Crippen LogP contribution in [0.4, 0.5) is 0 Å². The Morgan fingerprint density at radius 2 is 2.12 bits per heavy atom. The van der Waals surface area contributed by atoms with Crippen LogP contribution in [-0.4, -0.2) is 17.9 Å². The molecule has 0 saturated carbocycles. The summed E-state index contributed by atoms with van der Waals surface area (Å²) in [4.78, 5) is 0. The molecule has 5 heteroatoms. The van der Waals surface area contributed by atoms with Gasteiger partial charge in [-0.3, -0.25) is 5.43 Å². The standard InChI is InChI=1S/C12H16ClN3S/c1-2-3-8-14-12(17)16-15-9-10-4-6-11(13)7-5-10/h4-7,9H,2-3,8H2,1H3,(H2,14,16,17)/b15-9-. The van der Waals surface area contributed by atoms with Gasteiger partial charge in [-0.1, -0.05) is 37.1 Å². The van der Waals surface area contributed by atoms with Gasteiger partial charge in [-0.05, 0) is 36.3 Å². The Bertz CT molecular complexity index is 376. The smallest absolute Gasteiger partial charge is 0.186 e. The van der Waals surface area contributed by atoms with Crippen molar-refractivity contribution < 1.29 is 0 Å². The van der Waals surface area contributed by atoms with Crippen molar-refractivity contribution in [3.8, 4) is 0 Å². The van der Waals surface area contributed by atoms with Gasteiger partial charge in [0.2, 0.25) is 0 Å². The summed E-state index contributed by atoms with van der Waals surface area (Å²) in [5.74, 6) is 0. The third kappa shape index (κ3) is 6.24. The molecule has 0 unspecified atom stereocenters. The first-order chi connectivity index (χ1) is 8.22. The summed E-state index contributed by atoms with van der Waals surface area (Å²) in [6.07, 6.45) is 3.94. The molecule has 2 N–H and O–H groups in total. The predicted octanol–water partition coefficient (Wildman–Crippen LogP) is 2.94. The normalized spacial score (nSPS) is 10.5. The monoisotopic (exact) mass is 269 g/mol. The summed E-state index contributed by atoms with van der Waals surface area (Å²) in [6.45, 7) is 3.01. The molecule has 0 bridgehead atoms. The number of unbranched alkanes of at least 4 members (excludes halogenated alkanes) is 1. The van der Waals surface area contributed by atoms with Crippen molar-refractivity contribution in [3.63, 3.8) is 0 Å². The zero-order valence-corrected chi connectivity index (χ0v) is 11.3. The van der Waals surface area contributed by atoms with Gasteiger partial charge in [0.05, 0.1) is 6.21 Å². The molecule has 0 radical (unpaired) electrons. The van der Waals surface area contributed by atoms with E-state index in [1.165, 1.54) is 0 Å². The van der Waals surface area contributed by atoms with Crippen LogP contribution < -0.4 is 10.7 Å². The molecule has 1 rings (SSSR count). The summed E-state index contributed by atoms with van der Waals surface area (Å²) in [7, 11) is 0. The molecule has 0 heterocycles. The largest absolute Gasteiger partial charge is 0.361 e. The zero-order valence-electron chi connectivity index (χ0n) is 9.74. The lowest BCUT2D eigenvalue weighted by atomic mass is 10.2. The highest BCUT2D eigenvalue weighted by Crippen LogP contribution is 2.07. The average molecular weight is 270 g/mol. The zero-order chi connectivity index (χ0) is 12.5. The molecule has 0 aliphatic heterocycles. The number of hydrogen-bond donors (Lipinski definition) is 2. The molecule has 3 nitrogen and oxygen atoms in total. The first-order valence-corrected chi connectivity index (χ1v) is 6.33. The first kappa shape index (κ1) is 13.9. The van der Waals surface area contributed by atoms with Crippen molar-refractivity contribution in [2.24, 2.45) is 5.10 Å². The van der Waals surface area contributed by atoms with Gasteiger partial charge >= 0.3 is 0 Å². The number of nitrogens with zero attached hydrogens (tertiary/aromatic N) is 1. The quantitative estimate of drug-likeness (QED) is 0.373. The summed E-state index contributed by atoms with van der Waals surface area (Å²) in [5.41, 5.74) is 3.73. The van der Waals surface area contributed by atoms with Crippen molar-refractivity contribution in [2.45, 2.75) is 19.8 Å². The van der Waals surface area contributed by atoms with Crippen LogP contribution in [0.15, 0.2) is 29.4 Å². The van der Waals surface area contributed by atoms with E-state index in [2.05, 4.69) is 22.8 Å². The van der Waals surface area contributed by atoms with Crippen LogP contribution >= 0.6 is 23.8 Å². The van der Waals surface area contributed by atoms with Crippen LogP contribution in [0.2, 0.25) is 5.02 Å². The second kappa shape index (κ2) is 8.03. The molecular weight excluding hydrogens is 254 g/mol. The van der Waals surface area contributed by atoms with Gasteiger partial charge in [0.25, 0.3) is 0 Å². The van der Waals surface area contributed by atoms with E-state index in [0.717, 1.165) is 24.9 Å². The number of thiocarbonyl (C=S) groups is 1. The Labute approximate surface area is 112 Å². The van der Waals surface area contributed by atoms with Crippen LogP contribution in [0.3, 0.4) is 0 Å². The Morgan fingerprint density at radius 3 is 2.76 bits per heavy atom.